The largest absolute Gasteiger partial charge is 0.368 e. The van der Waals surface area contributed by atoms with Gasteiger partial charge in [-0.05, 0) is 33.1 Å². The van der Waals surface area contributed by atoms with Crippen LogP contribution in [0.25, 0.3) is 0 Å². The smallest absolute Gasteiger partial charge is 0.159 e. The Morgan fingerprint density at radius 1 is 1.33 bits per heavy atom. The van der Waals surface area contributed by atoms with Gasteiger partial charge in [0, 0.05) is 37.2 Å². The second-order valence-electron chi connectivity index (χ2n) is 5.09. The second kappa shape index (κ2) is 5.76. The van der Waals surface area contributed by atoms with Crippen LogP contribution in [-0.2, 0) is 16.9 Å². The Kier molecular flexibility index (Phi) is 4.30. The number of ether oxygens (including phenoxy) is 1. The predicted octanol–water partition coefficient (Wildman–Crippen LogP) is 2.39. The lowest BCUT2D eigenvalue weighted by Gasteiger charge is -2.26. The van der Waals surface area contributed by atoms with Gasteiger partial charge in [-0.15, -0.1) is 0 Å². The van der Waals surface area contributed by atoms with Gasteiger partial charge in [-0.2, -0.15) is 0 Å². The van der Waals surface area contributed by atoms with E-state index in [4.69, 9.17) is 4.74 Å². The van der Waals surface area contributed by atoms with Crippen LogP contribution in [0.5, 0.6) is 0 Å². The molecule has 4 nitrogen and oxygen atoms in total. The summed E-state index contributed by atoms with van der Waals surface area (Å²) < 4.78 is 5.77. The third-order valence-corrected chi connectivity index (χ3v) is 3.49. The maximum Gasteiger partial charge on any atom is 0.159 e. The zero-order valence-electron chi connectivity index (χ0n) is 11.6. The molecule has 0 bridgehead atoms. The molecule has 1 heterocycles. The number of hydrogen-bond acceptors (Lipinski definition) is 4. The van der Waals surface area contributed by atoms with Crippen molar-refractivity contribution in [2.75, 3.05) is 6.61 Å². The average Bonchev–Trinajstić information content (AvgIpc) is 3.21. The van der Waals surface area contributed by atoms with Crippen molar-refractivity contribution in [3.05, 3.63) is 23.8 Å². The van der Waals surface area contributed by atoms with Crippen molar-refractivity contribution in [3.63, 3.8) is 0 Å². The molecule has 0 aromatic carbocycles. The van der Waals surface area contributed by atoms with Gasteiger partial charge in [-0.1, -0.05) is 6.92 Å². The van der Waals surface area contributed by atoms with Gasteiger partial charge >= 0.3 is 0 Å². The summed E-state index contributed by atoms with van der Waals surface area (Å²) in [6.45, 7) is 7.69. The van der Waals surface area contributed by atoms with E-state index in [0.29, 0.717) is 12.6 Å². The highest BCUT2D eigenvalue weighted by molar-refractivity contribution is 5.09. The molecule has 0 saturated heterocycles. The SMILES string of the molecule is CCOC(C)(CC)c1ncc(CNC2CC2)cn1. The number of nitrogens with zero attached hydrogens (tertiary/aromatic N) is 2. The Morgan fingerprint density at radius 3 is 2.50 bits per heavy atom. The van der Waals surface area contributed by atoms with E-state index in [9.17, 15) is 0 Å². The molecule has 100 valence electrons. The zero-order valence-corrected chi connectivity index (χ0v) is 11.6. The maximum absolute atomic E-state index is 5.77. The molecule has 1 aromatic heterocycles. The van der Waals surface area contributed by atoms with Gasteiger partial charge in [-0.3, -0.25) is 0 Å². The van der Waals surface area contributed by atoms with E-state index in [1.54, 1.807) is 0 Å². The summed E-state index contributed by atoms with van der Waals surface area (Å²) in [7, 11) is 0. The first-order valence-corrected chi connectivity index (χ1v) is 6.86. The molecule has 1 N–H and O–H groups in total. The van der Waals surface area contributed by atoms with Gasteiger partial charge in [0.1, 0.15) is 5.60 Å². The fourth-order valence-corrected chi connectivity index (χ4v) is 1.91. The van der Waals surface area contributed by atoms with Crippen molar-refractivity contribution in [1.29, 1.82) is 0 Å². The molecular weight excluding hydrogens is 226 g/mol. The van der Waals surface area contributed by atoms with Crippen LogP contribution in [0.1, 0.15) is 51.4 Å². The minimum atomic E-state index is -0.364. The molecule has 18 heavy (non-hydrogen) atoms. The summed E-state index contributed by atoms with van der Waals surface area (Å²) in [6.07, 6.45) is 7.30. The Balaban J connectivity index is 2.00. The van der Waals surface area contributed by atoms with Crippen LogP contribution in [0, 0.1) is 0 Å². The Labute approximate surface area is 109 Å². The molecule has 0 aliphatic heterocycles. The lowest BCUT2D eigenvalue weighted by atomic mass is 10.0. The van der Waals surface area contributed by atoms with Crippen LogP contribution in [0.3, 0.4) is 0 Å². The van der Waals surface area contributed by atoms with Gasteiger partial charge in [0.25, 0.3) is 0 Å². The first-order valence-electron chi connectivity index (χ1n) is 6.86. The van der Waals surface area contributed by atoms with Crippen LogP contribution in [0.4, 0.5) is 0 Å². The molecule has 0 spiro atoms. The van der Waals surface area contributed by atoms with Gasteiger partial charge in [0.2, 0.25) is 0 Å². The lowest BCUT2D eigenvalue weighted by Crippen LogP contribution is -2.28. The van der Waals surface area contributed by atoms with E-state index in [0.717, 1.165) is 24.4 Å². The molecule has 1 aliphatic carbocycles. The Hall–Kier alpha value is -1.00. The highest BCUT2D eigenvalue weighted by Gasteiger charge is 2.28. The minimum Gasteiger partial charge on any atom is -0.368 e. The van der Waals surface area contributed by atoms with Crippen molar-refractivity contribution < 1.29 is 4.74 Å². The van der Waals surface area contributed by atoms with Crippen LogP contribution < -0.4 is 5.32 Å². The van der Waals surface area contributed by atoms with Crippen molar-refractivity contribution in [2.24, 2.45) is 0 Å². The van der Waals surface area contributed by atoms with Gasteiger partial charge in [0.15, 0.2) is 5.82 Å². The monoisotopic (exact) mass is 249 g/mol. The molecule has 1 aliphatic rings. The van der Waals surface area contributed by atoms with Crippen molar-refractivity contribution in [2.45, 2.75) is 58.2 Å². The molecule has 1 fully saturated rings. The summed E-state index contributed by atoms with van der Waals surface area (Å²) in [6, 6.07) is 0.717. The molecule has 0 radical (unpaired) electrons. The second-order valence-corrected chi connectivity index (χ2v) is 5.09. The van der Waals surface area contributed by atoms with Crippen LogP contribution in [0.15, 0.2) is 12.4 Å². The first kappa shape index (κ1) is 13.4. The molecule has 1 unspecified atom stereocenters. The average molecular weight is 249 g/mol. The molecule has 0 amide bonds. The summed E-state index contributed by atoms with van der Waals surface area (Å²) in [5.74, 6) is 0.780. The highest BCUT2D eigenvalue weighted by Crippen LogP contribution is 2.25. The van der Waals surface area contributed by atoms with E-state index < -0.39 is 0 Å². The molecule has 4 heteroatoms. The molecule has 1 aromatic rings. The Morgan fingerprint density at radius 2 is 2.00 bits per heavy atom. The fourth-order valence-electron chi connectivity index (χ4n) is 1.91. The number of aromatic nitrogens is 2. The third kappa shape index (κ3) is 3.27. The number of nitrogens with one attached hydrogen (secondary N) is 1. The van der Waals surface area contributed by atoms with Crippen LogP contribution >= 0.6 is 0 Å². The van der Waals surface area contributed by atoms with Gasteiger partial charge in [-0.25, -0.2) is 9.97 Å². The standard InChI is InChI=1S/C14H23N3O/c1-4-14(3,18-5-2)13-16-9-11(10-17-13)8-15-12-6-7-12/h9-10,12,15H,4-8H2,1-3H3. The van der Waals surface area contributed by atoms with Crippen LogP contribution in [-0.4, -0.2) is 22.6 Å². The number of hydrogen-bond donors (Lipinski definition) is 1. The van der Waals surface area contributed by atoms with Gasteiger partial charge < -0.3 is 10.1 Å². The lowest BCUT2D eigenvalue weighted by molar-refractivity contribution is -0.0390. The minimum absolute atomic E-state index is 0.364. The van der Waals surface area contributed by atoms with Gasteiger partial charge in [0.05, 0.1) is 0 Å². The fraction of sp³-hybridized carbons (Fsp3) is 0.714. The Bertz CT molecular complexity index is 375. The summed E-state index contributed by atoms with van der Waals surface area (Å²) in [4.78, 5) is 8.92. The first-order chi connectivity index (χ1) is 8.68. The van der Waals surface area contributed by atoms with E-state index >= 15 is 0 Å². The number of rotatable bonds is 7. The van der Waals surface area contributed by atoms with E-state index in [2.05, 4.69) is 22.2 Å². The molecule has 1 saturated carbocycles. The van der Waals surface area contributed by atoms with Crippen molar-refractivity contribution in [3.8, 4) is 0 Å². The zero-order chi connectivity index (χ0) is 13.0. The molecule has 1 atom stereocenters. The normalized spacial score (nSPS) is 18.6. The highest BCUT2D eigenvalue weighted by atomic mass is 16.5. The summed E-state index contributed by atoms with van der Waals surface area (Å²) in [5.41, 5.74) is 0.776. The maximum atomic E-state index is 5.77. The van der Waals surface area contributed by atoms with E-state index in [-0.39, 0.29) is 5.60 Å². The topological polar surface area (TPSA) is 47.0 Å². The van der Waals surface area contributed by atoms with E-state index in [1.165, 1.54) is 12.8 Å². The quantitative estimate of drug-likeness (QED) is 0.806. The predicted molar refractivity (Wildman–Crippen MR) is 71.2 cm³/mol. The van der Waals surface area contributed by atoms with Crippen molar-refractivity contribution in [1.82, 2.24) is 15.3 Å². The summed E-state index contributed by atoms with van der Waals surface area (Å²) in [5, 5.41) is 3.46. The third-order valence-electron chi connectivity index (χ3n) is 3.49. The van der Waals surface area contributed by atoms with Crippen molar-refractivity contribution >= 4 is 0 Å². The van der Waals surface area contributed by atoms with E-state index in [1.807, 2.05) is 26.2 Å². The summed E-state index contributed by atoms with van der Waals surface area (Å²) >= 11 is 0. The molecular formula is C14H23N3O. The molecule has 2 rings (SSSR count). The van der Waals surface area contributed by atoms with Crippen LogP contribution in [0.2, 0.25) is 0 Å².